The van der Waals surface area contributed by atoms with Crippen molar-refractivity contribution in [3.8, 4) is 5.69 Å². The number of hydrogen-bond donors (Lipinski definition) is 0. The monoisotopic (exact) mass is 367 g/mol. The van der Waals surface area contributed by atoms with Gasteiger partial charge in [0.05, 0.1) is 17.2 Å². The number of rotatable bonds is 6. The van der Waals surface area contributed by atoms with E-state index in [9.17, 15) is 17.2 Å². The second-order valence-electron chi connectivity index (χ2n) is 5.50. The minimum atomic E-state index is -3.67. The van der Waals surface area contributed by atoms with Crippen molar-refractivity contribution in [2.24, 2.45) is 7.05 Å². The number of aromatic nitrogens is 5. The molecular formula is C15H15F2N5O2S. The van der Waals surface area contributed by atoms with E-state index in [1.165, 1.54) is 7.05 Å². The fourth-order valence-electron chi connectivity index (χ4n) is 2.46. The van der Waals surface area contributed by atoms with E-state index in [0.717, 1.165) is 10.4 Å². The van der Waals surface area contributed by atoms with Gasteiger partial charge in [-0.25, -0.2) is 26.6 Å². The van der Waals surface area contributed by atoms with Gasteiger partial charge >= 0.3 is 0 Å². The van der Waals surface area contributed by atoms with Crippen LogP contribution in [0.25, 0.3) is 5.69 Å². The molecule has 132 valence electrons. The first kappa shape index (κ1) is 17.2. The zero-order valence-electron chi connectivity index (χ0n) is 13.2. The van der Waals surface area contributed by atoms with Crippen LogP contribution in [0.4, 0.5) is 8.78 Å². The molecule has 7 nitrogen and oxygen atoms in total. The molecule has 0 unspecified atom stereocenters. The van der Waals surface area contributed by atoms with Gasteiger partial charge in [-0.2, -0.15) is 5.10 Å². The molecule has 0 spiro atoms. The first-order valence-corrected chi connectivity index (χ1v) is 9.14. The lowest BCUT2D eigenvalue weighted by atomic mass is 10.2. The van der Waals surface area contributed by atoms with Gasteiger partial charge in [0.1, 0.15) is 11.4 Å². The lowest BCUT2D eigenvalue weighted by Gasteiger charge is -2.07. The van der Waals surface area contributed by atoms with Crippen molar-refractivity contribution in [2.75, 3.05) is 0 Å². The molecule has 0 N–H and O–H groups in total. The van der Waals surface area contributed by atoms with Crippen LogP contribution in [0.3, 0.4) is 0 Å². The number of benzene rings is 1. The number of alkyl halides is 2. The summed E-state index contributed by atoms with van der Waals surface area (Å²) in [5.41, 5.74) is 0.654. The third-order valence-corrected chi connectivity index (χ3v) is 5.09. The molecular weight excluding hydrogens is 352 g/mol. The first-order chi connectivity index (χ1) is 11.9. The molecule has 10 heteroatoms. The number of nitrogens with zero attached hydrogens (tertiary/aromatic N) is 5. The van der Waals surface area contributed by atoms with Crippen molar-refractivity contribution in [3.05, 3.63) is 59.7 Å². The van der Waals surface area contributed by atoms with E-state index in [1.807, 2.05) is 0 Å². The largest absolute Gasteiger partial charge is 0.281 e. The van der Waals surface area contributed by atoms with E-state index >= 15 is 0 Å². The quantitative estimate of drug-likeness (QED) is 0.666. The summed E-state index contributed by atoms with van der Waals surface area (Å²) in [5.74, 6) is -0.854. The van der Waals surface area contributed by atoms with Crippen molar-refractivity contribution < 1.29 is 17.2 Å². The Bertz CT molecular complexity index is 950. The maximum Gasteiger partial charge on any atom is 0.281 e. The SMILES string of the molecule is Cn1nnc(CS(=O)(=O)Cc2ccc(-n3cccn3)cc2)c1C(F)F. The van der Waals surface area contributed by atoms with Crippen molar-refractivity contribution in [2.45, 2.75) is 17.9 Å². The van der Waals surface area contributed by atoms with Crippen LogP contribution < -0.4 is 0 Å². The van der Waals surface area contributed by atoms with Crippen LogP contribution in [0, 0.1) is 0 Å². The summed E-state index contributed by atoms with van der Waals surface area (Å²) in [7, 11) is -2.36. The van der Waals surface area contributed by atoms with Crippen molar-refractivity contribution in [1.29, 1.82) is 0 Å². The third-order valence-electron chi connectivity index (χ3n) is 3.60. The minimum Gasteiger partial charge on any atom is -0.246 e. The average molecular weight is 367 g/mol. The van der Waals surface area contributed by atoms with Crippen LogP contribution in [-0.2, 0) is 28.4 Å². The molecule has 0 radical (unpaired) electrons. The minimum absolute atomic E-state index is 0.217. The molecule has 0 amide bonds. The summed E-state index contributed by atoms with van der Waals surface area (Å²) in [4.78, 5) is 0. The Kier molecular flexibility index (Phi) is 4.62. The zero-order chi connectivity index (χ0) is 18.0. The van der Waals surface area contributed by atoms with Crippen LogP contribution >= 0.6 is 0 Å². The smallest absolute Gasteiger partial charge is 0.246 e. The summed E-state index contributed by atoms with van der Waals surface area (Å²) >= 11 is 0. The third kappa shape index (κ3) is 3.90. The lowest BCUT2D eigenvalue weighted by Crippen LogP contribution is -2.10. The number of halogens is 2. The molecule has 3 rings (SSSR count). The fraction of sp³-hybridized carbons (Fsp3) is 0.267. The number of hydrogen-bond acceptors (Lipinski definition) is 5. The number of sulfone groups is 1. The van der Waals surface area contributed by atoms with E-state index in [1.54, 1.807) is 47.4 Å². The van der Waals surface area contributed by atoms with Crippen LogP contribution in [0.1, 0.15) is 23.4 Å². The highest BCUT2D eigenvalue weighted by Gasteiger charge is 2.24. The Morgan fingerprint density at radius 3 is 2.48 bits per heavy atom. The summed E-state index contributed by atoms with van der Waals surface area (Å²) in [6.07, 6.45) is 0.574. The molecule has 3 aromatic rings. The van der Waals surface area contributed by atoms with Gasteiger partial charge < -0.3 is 0 Å². The fourth-order valence-corrected chi connectivity index (χ4v) is 3.88. The van der Waals surface area contributed by atoms with Gasteiger partial charge in [0, 0.05) is 19.4 Å². The Balaban J connectivity index is 1.76. The van der Waals surface area contributed by atoms with Gasteiger partial charge in [0.15, 0.2) is 9.84 Å². The van der Waals surface area contributed by atoms with E-state index in [0.29, 0.717) is 5.56 Å². The summed E-state index contributed by atoms with van der Waals surface area (Å²) in [6.45, 7) is 0. The number of aryl methyl sites for hydroxylation is 1. The Morgan fingerprint density at radius 2 is 1.88 bits per heavy atom. The van der Waals surface area contributed by atoms with E-state index in [2.05, 4.69) is 15.4 Å². The highest BCUT2D eigenvalue weighted by Crippen LogP contribution is 2.23. The zero-order valence-corrected chi connectivity index (χ0v) is 14.1. The molecule has 0 aliphatic heterocycles. The normalized spacial score (nSPS) is 12.0. The van der Waals surface area contributed by atoms with Crippen LogP contribution in [0.5, 0.6) is 0 Å². The van der Waals surface area contributed by atoms with E-state index in [-0.39, 0.29) is 11.4 Å². The van der Waals surface area contributed by atoms with Gasteiger partial charge in [-0.05, 0) is 23.8 Å². The summed E-state index contributed by atoms with van der Waals surface area (Å²) < 4.78 is 53.2. The highest BCUT2D eigenvalue weighted by atomic mass is 32.2. The Labute approximate surface area is 142 Å². The van der Waals surface area contributed by atoms with Crippen LogP contribution in [0.15, 0.2) is 42.7 Å². The Hall–Kier alpha value is -2.62. The predicted molar refractivity (Wildman–Crippen MR) is 85.9 cm³/mol. The van der Waals surface area contributed by atoms with Gasteiger partial charge in [-0.15, -0.1) is 5.10 Å². The van der Waals surface area contributed by atoms with Crippen LogP contribution in [-0.4, -0.2) is 33.2 Å². The van der Waals surface area contributed by atoms with E-state index < -0.39 is 27.7 Å². The molecule has 1 aromatic carbocycles. The molecule has 25 heavy (non-hydrogen) atoms. The van der Waals surface area contributed by atoms with Crippen molar-refractivity contribution in [1.82, 2.24) is 24.8 Å². The Morgan fingerprint density at radius 1 is 1.16 bits per heavy atom. The van der Waals surface area contributed by atoms with Gasteiger partial charge in [-0.3, -0.25) is 0 Å². The van der Waals surface area contributed by atoms with Gasteiger partial charge in [0.2, 0.25) is 0 Å². The van der Waals surface area contributed by atoms with Crippen LogP contribution in [0.2, 0.25) is 0 Å². The van der Waals surface area contributed by atoms with Gasteiger partial charge in [-0.1, -0.05) is 17.3 Å². The topological polar surface area (TPSA) is 82.7 Å². The molecule has 0 aliphatic carbocycles. The second kappa shape index (κ2) is 6.71. The average Bonchev–Trinajstić information content (AvgIpc) is 3.17. The molecule has 0 atom stereocenters. The van der Waals surface area contributed by atoms with E-state index in [4.69, 9.17) is 0 Å². The van der Waals surface area contributed by atoms with Crippen molar-refractivity contribution >= 4 is 9.84 Å². The summed E-state index contributed by atoms with van der Waals surface area (Å²) in [5, 5.41) is 11.1. The molecule has 2 aromatic heterocycles. The maximum absolute atomic E-state index is 13.0. The molecule has 0 fully saturated rings. The molecule has 0 aliphatic rings. The first-order valence-electron chi connectivity index (χ1n) is 7.32. The molecule has 0 saturated carbocycles. The predicted octanol–water partition coefficient (Wildman–Crippen LogP) is 2.05. The lowest BCUT2D eigenvalue weighted by molar-refractivity contribution is 0.140. The van der Waals surface area contributed by atoms with Gasteiger partial charge in [0.25, 0.3) is 6.43 Å². The highest BCUT2D eigenvalue weighted by molar-refractivity contribution is 7.89. The second-order valence-corrected chi connectivity index (χ2v) is 7.56. The molecule has 2 heterocycles. The molecule has 0 bridgehead atoms. The maximum atomic E-state index is 13.0. The standard InChI is InChI=1S/C15H15F2N5O2S/c1-21-14(15(16)17)13(19-20-21)10-25(23,24)9-11-3-5-12(6-4-11)22-8-2-7-18-22/h2-8,15H,9-10H2,1H3. The van der Waals surface area contributed by atoms with Crippen molar-refractivity contribution in [3.63, 3.8) is 0 Å². The molecule has 0 saturated heterocycles. The summed E-state index contributed by atoms with van der Waals surface area (Å²) in [6, 6.07) is 8.59.